The molecule has 2 aromatic heterocycles. The van der Waals surface area contributed by atoms with Gasteiger partial charge in [-0.3, -0.25) is 38.8 Å². The van der Waals surface area contributed by atoms with Gasteiger partial charge in [-0.1, -0.05) is 12.5 Å². The molecule has 0 radical (unpaired) electrons. The van der Waals surface area contributed by atoms with E-state index in [4.69, 9.17) is 9.47 Å². The molecular weight excluding hydrogens is 961 g/mol. The Kier molecular flexibility index (Phi) is 15.8. The van der Waals surface area contributed by atoms with Gasteiger partial charge in [-0.15, -0.1) is 0 Å². The van der Waals surface area contributed by atoms with E-state index in [1.54, 1.807) is 51.0 Å². The maximum absolute atomic E-state index is 14.1. The molecule has 1 unspecified atom stereocenters. The minimum absolute atomic E-state index is 0.00525. The van der Waals surface area contributed by atoms with Crippen LogP contribution >= 0.6 is 0 Å². The van der Waals surface area contributed by atoms with Crippen LogP contribution in [-0.2, 0) is 37.9 Å². The van der Waals surface area contributed by atoms with Gasteiger partial charge in [0.15, 0.2) is 0 Å². The monoisotopic (exact) mass is 1030 g/mol. The number of rotatable bonds is 17. The van der Waals surface area contributed by atoms with Crippen molar-refractivity contribution in [2.24, 2.45) is 7.05 Å². The normalized spacial score (nSPS) is 18.0. The molecule has 0 spiro atoms. The number of anilines is 2. The minimum atomic E-state index is -3.92. The molecule has 2 aromatic carbocycles. The molecule has 73 heavy (non-hydrogen) atoms. The Balaban J connectivity index is 0.935. The zero-order valence-electron chi connectivity index (χ0n) is 42.0. The molecule has 4 aliphatic rings. The van der Waals surface area contributed by atoms with Crippen molar-refractivity contribution in [2.75, 3.05) is 55.6 Å². The van der Waals surface area contributed by atoms with Crippen LogP contribution in [0.1, 0.15) is 122 Å². The van der Waals surface area contributed by atoms with Gasteiger partial charge in [-0.25, -0.2) is 13.2 Å². The van der Waals surface area contributed by atoms with Crippen molar-refractivity contribution in [2.45, 2.75) is 115 Å². The number of hydrogen-bond acceptors (Lipinski definition) is 13. The molecule has 0 bridgehead atoms. The number of pyridine rings is 1. The summed E-state index contributed by atoms with van der Waals surface area (Å²) < 4.78 is 41.6. The van der Waals surface area contributed by atoms with E-state index in [2.05, 4.69) is 41.2 Å². The number of fused-ring (bicyclic) bond motifs is 2. The number of amides is 6. The number of aromatic nitrogens is 2. The molecular formula is C51H66N10O11S. The third kappa shape index (κ3) is 12.8. The highest BCUT2D eigenvalue weighted by Crippen LogP contribution is 2.41. The lowest BCUT2D eigenvalue weighted by Gasteiger charge is -2.33. The Morgan fingerprint density at radius 3 is 2.27 bits per heavy atom. The lowest BCUT2D eigenvalue weighted by Crippen LogP contribution is -2.52. The number of hydrogen-bond donors (Lipinski definition) is 7. The second-order valence-electron chi connectivity index (χ2n) is 20.4. The number of nitrogens with one attached hydrogen (secondary N) is 7. The summed E-state index contributed by atoms with van der Waals surface area (Å²) >= 11 is 0. The Bertz CT molecular complexity index is 2970. The summed E-state index contributed by atoms with van der Waals surface area (Å²) in [5.74, 6) is -1.72. The summed E-state index contributed by atoms with van der Waals surface area (Å²) in [6.07, 6.45) is 9.07. The quantitative estimate of drug-likeness (QED) is 0.0574. The number of aryl methyl sites for hydroxylation is 1. The second kappa shape index (κ2) is 22.0. The maximum atomic E-state index is 14.1. The highest BCUT2D eigenvalue weighted by molar-refractivity contribution is 7.92. The van der Waals surface area contributed by atoms with E-state index in [0.29, 0.717) is 53.8 Å². The number of benzene rings is 2. The van der Waals surface area contributed by atoms with Crippen molar-refractivity contribution in [1.29, 1.82) is 0 Å². The fourth-order valence-electron chi connectivity index (χ4n) is 9.98. The molecule has 392 valence electrons. The fourth-order valence-corrected chi connectivity index (χ4v) is 10.6. The van der Waals surface area contributed by atoms with Crippen molar-refractivity contribution in [3.63, 3.8) is 0 Å². The lowest BCUT2D eigenvalue weighted by molar-refractivity contribution is -0.136. The van der Waals surface area contributed by atoms with Crippen LogP contribution in [0.2, 0.25) is 0 Å². The number of likely N-dealkylation sites (tertiary alicyclic amines) is 1. The van der Waals surface area contributed by atoms with Crippen molar-refractivity contribution < 1.29 is 46.7 Å². The van der Waals surface area contributed by atoms with Gasteiger partial charge >= 0.3 is 6.09 Å². The van der Waals surface area contributed by atoms with Gasteiger partial charge in [0.25, 0.3) is 23.3 Å². The van der Waals surface area contributed by atoms with Gasteiger partial charge in [-0.05, 0) is 109 Å². The summed E-state index contributed by atoms with van der Waals surface area (Å²) in [5, 5.41) is 14.7. The average Bonchev–Trinajstić information content (AvgIpc) is 3.93. The molecule has 3 fully saturated rings. The zero-order valence-corrected chi connectivity index (χ0v) is 42.9. The number of aromatic amines is 1. The Morgan fingerprint density at radius 2 is 1.56 bits per heavy atom. The first-order chi connectivity index (χ1) is 34.7. The summed E-state index contributed by atoms with van der Waals surface area (Å²) in [6.45, 7) is 8.27. The predicted octanol–water partition coefficient (Wildman–Crippen LogP) is 4.33. The first kappa shape index (κ1) is 52.4. The van der Waals surface area contributed by atoms with E-state index in [1.165, 1.54) is 16.7 Å². The molecule has 2 saturated heterocycles. The molecule has 1 atom stereocenters. The second-order valence-corrected chi connectivity index (χ2v) is 22.1. The van der Waals surface area contributed by atoms with Gasteiger partial charge in [0, 0.05) is 98.3 Å². The standard InChI is InChI=1S/C51H66N10O11S/c1-51(2,3)72-50(68)54-21-20-53-46(64)40-26-34-36(28-59(4)49(67)44(34)56-40)33-25-39(58-73(5,69)70)35(27-42(33)71-31-11-7-6-8-12-31)45(63)52-19-10-22-60-23-17-30(18-24-60)55-38-14-9-13-32-37(38)29-61(48(32)66)41-15-16-43(62)57-47(41)65/h9,13-14,25-28,30-31,41,55-56,58H,6-8,10-12,15-24,29H2,1-5H3,(H,52,63)(H,53,64)(H,54,68)(H,57,62,65). The summed E-state index contributed by atoms with van der Waals surface area (Å²) in [5.41, 5.74) is 2.27. The molecule has 4 aromatic rings. The lowest BCUT2D eigenvalue weighted by atomic mass is 9.96. The van der Waals surface area contributed by atoms with Crippen molar-refractivity contribution in [3.05, 3.63) is 75.3 Å². The molecule has 22 heteroatoms. The van der Waals surface area contributed by atoms with Gasteiger partial charge in [0.1, 0.15) is 28.6 Å². The van der Waals surface area contributed by atoms with Crippen LogP contribution < -0.4 is 41.6 Å². The molecule has 21 nitrogen and oxygen atoms in total. The van der Waals surface area contributed by atoms with E-state index >= 15 is 0 Å². The van der Waals surface area contributed by atoms with Gasteiger partial charge in [0.2, 0.25) is 21.8 Å². The Labute approximate surface area is 423 Å². The van der Waals surface area contributed by atoms with Crippen LogP contribution in [0.4, 0.5) is 16.2 Å². The highest BCUT2D eigenvalue weighted by Gasteiger charge is 2.40. The van der Waals surface area contributed by atoms with E-state index < -0.39 is 51.0 Å². The highest BCUT2D eigenvalue weighted by atomic mass is 32.2. The number of nitrogens with zero attached hydrogens (tertiary/aromatic N) is 3. The maximum Gasteiger partial charge on any atom is 0.407 e. The number of piperidine rings is 2. The Morgan fingerprint density at radius 1 is 0.836 bits per heavy atom. The van der Waals surface area contributed by atoms with Crippen LogP contribution in [0.3, 0.4) is 0 Å². The molecule has 8 rings (SSSR count). The van der Waals surface area contributed by atoms with E-state index in [1.807, 2.05) is 12.1 Å². The van der Waals surface area contributed by atoms with Crippen molar-refractivity contribution >= 4 is 67.9 Å². The van der Waals surface area contributed by atoms with Gasteiger partial charge in [0.05, 0.1) is 23.6 Å². The molecule has 6 amide bonds. The molecule has 3 aliphatic heterocycles. The SMILES string of the molecule is Cn1cc(-c2cc(NS(C)(=O)=O)c(C(=O)NCCCN3CCC(Nc4cccc5c4CN(C4CCC(=O)NC4=O)C5=O)CC3)cc2OC2CCCCC2)c2cc(C(=O)NCCNC(=O)OC(C)(C)C)[nH]c2c1=O. The molecule has 7 N–H and O–H groups in total. The number of imide groups is 1. The first-order valence-corrected chi connectivity index (χ1v) is 26.9. The third-order valence-electron chi connectivity index (χ3n) is 13.5. The third-order valence-corrected chi connectivity index (χ3v) is 14.1. The fraction of sp³-hybridized carbons (Fsp3) is 0.510. The summed E-state index contributed by atoms with van der Waals surface area (Å²) in [6, 6.07) is 9.64. The minimum Gasteiger partial charge on any atom is -0.490 e. The van der Waals surface area contributed by atoms with Crippen molar-refractivity contribution in [3.8, 4) is 16.9 Å². The van der Waals surface area contributed by atoms with Crippen LogP contribution in [0.5, 0.6) is 5.75 Å². The number of alkyl carbamates (subject to hydrolysis) is 1. The topological polar surface area (TPSA) is 271 Å². The van der Waals surface area contributed by atoms with Crippen LogP contribution in [0.15, 0.2) is 47.4 Å². The first-order valence-electron chi connectivity index (χ1n) is 25.0. The number of H-pyrrole nitrogens is 1. The van der Waals surface area contributed by atoms with Gasteiger partial charge < -0.3 is 50.1 Å². The van der Waals surface area contributed by atoms with E-state index in [0.717, 1.165) is 75.5 Å². The van der Waals surface area contributed by atoms with Crippen LogP contribution in [-0.4, -0.2) is 133 Å². The van der Waals surface area contributed by atoms with Gasteiger partial charge in [-0.2, -0.15) is 0 Å². The number of carbonyl (C=O) groups is 6. The van der Waals surface area contributed by atoms with Crippen LogP contribution in [0, 0.1) is 0 Å². The van der Waals surface area contributed by atoms with Crippen LogP contribution in [0.25, 0.3) is 22.0 Å². The smallest absolute Gasteiger partial charge is 0.407 e. The Hall–Kier alpha value is -6.94. The predicted molar refractivity (Wildman–Crippen MR) is 274 cm³/mol. The number of sulfonamides is 1. The zero-order chi connectivity index (χ0) is 52.2. The summed E-state index contributed by atoms with van der Waals surface area (Å²) in [7, 11) is -2.35. The average molecular weight is 1030 g/mol. The van der Waals surface area contributed by atoms with E-state index in [9.17, 15) is 42.0 Å². The number of ether oxygens (including phenoxy) is 2. The molecule has 1 saturated carbocycles. The molecule has 1 aliphatic carbocycles. The largest absolute Gasteiger partial charge is 0.490 e. The van der Waals surface area contributed by atoms with Crippen molar-refractivity contribution in [1.82, 2.24) is 40.6 Å². The van der Waals surface area contributed by atoms with E-state index in [-0.39, 0.29) is 72.5 Å². The summed E-state index contributed by atoms with van der Waals surface area (Å²) in [4.78, 5) is 97.7. The number of carbonyl (C=O) groups excluding carboxylic acids is 6. The molecule has 5 heterocycles.